The highest BCUT2D eigenvalue weighted by Gasteiger charge is 2.11. The number of benzene rings is 3. The third-order valence-corrected chi connectivity index (χ3v) is 4.11. The van der Waals surface area contributed by atoms with E-state index in [4.69, 9.17) is 22.3 Å². The Kier molecular flexibility index (Phi) is 9.36. The summed E-state index contributed by atoms with van der Waals surface area (Å²) in [6.45, 7) is 1.61. The average Bonchev–Trinajstić information content (AvgIpc) is 2.73. The lowest BCUT2D eigenvalue weighted by atomic mass is 10.1. The van der Waals surface area contributed by atoms with Gasteiger partial charge in [0.1, 0.15) is 12.4 Å². The van der Waals surface area contributed by atoms with Crippen molar-refractivity contribution >= 4 is 16.2 Å². The van der Waals surface area contributed by atoms with Gasteiger partial charge in [0, 0.05) is 12.1 Å². The van der Waals surface area contributed by atoms with Crippen LogP contribution >= 0.6 is 0 Å². The first-order valence-corrected chi connectivity index (χ1v) is 10.8. The molecule has 164 valence electrons. The van der Waals surface area contributed by atoms with Gasteiger partial charge in [-0.1, -0.05) is 72.8 Å². The standard InChI is InChI=1S/C23H23NO2.H2O4S/c1-24(16-19-9-4-2-5-10-19)17-23(25)21-13-8-14-22(15-21)26-18-20-11-6-3-7-12-20;1-5(2,3)4/h2-15H,16-18H2,1H3;(H2,1,2,3,4). The summed E-state index contributed by atoms with van der Waals surface area (Å²) >= 11 is 0. The molecular weight excluding hydrogens is 418 g/mol. The summed E-state index contributed by atoms with van der Waals surface area (Å²) in [5, 5.41) is 0. The van der Waals surface area contributed by atoms with E-state index in [1.54, 1.807) is 0 Å². The summed E-state index contributed by atoms with van der Waals surface area (Å²) in [5.41, 5.74) is 2.98. The smallest absolute Gasteiger partial charge is 0.394 e. The zero-order valence-corrected chi connectivity index (χ0v) is 17.9. The minimum Gasteiger partial charge on any atom is -0.489 e. The average molecular weight is 444 g/mol. The van der Waals surface area contributed by atoms with Gasteiger partial charge >= 0.3 is 10.4 Å². The normalized spacial score (nSPS) is 10.8. The van der Waals surface area contributed by atoms with E-state index in [0.29, 0.717) is 24.5 Å². The minimum absolute atomic E-state index is 0.0913. The van der Waals surface area contributed by atoms with Crippen LogP contribution in [0.4, 0.5) is 0 Å². The van der Waals surface area contributed by atoms with E-state index in [1.165, 1.54) is 5.56 Å². The van der Waals surface area contributed by atoms with Crippen LogP contribution in [-0.4, -0.2) is 41.8 Å². The number of rotatable bonds is 8. The highest BCUT2D eigenvalue weighted by Crippen LogP contribution is 2.16. The summed E-state index contributed by atoms with van der Waals surface area (Å²) in [5.74, 6) is 0.805. The van der Waals surface area contributed by atoms with E-state index in [2.05, 4.69) is 12.1 Å². The Morgan fingerprint density at radius 2 is 1.42 bits per heavy atom. The maximum absolute atomic E-state index is 12.6. The third-order valence-electron chi connectivity index (χ3n) is 4.11. The predicted molar refractivity (Wildman–Crippen MR) is 118 cm³/mol. The number of likely N-dealkylation sites (N-methyl/N-ethyl adjacent to an activating group) is 1. The molecule has 0 spiro atoms. The van der Waals surface area contributed by atoms with Crippen molar-refractivity contribution in [2.24, 2.45) is 0 Å². The maximum Gasteiger partial charge on any atom is 0.394 e. The van der Waals surface area contributed by atoms with Gasteiger partial charge in [-0.05, 0) is 30.3 Å². The summed E-state index contributed by atoms with van der Waals surface area (Å²) in [4.78, 5) is 14.6. The molecule has 0 heterocycles. The van der Waals surface area contributed by atoms with Gasteiger partial charge in [0.15, 0.2) is 5.78 Å². The first kappa shape index (κ1) is 24.2. The molecule has 7 nitrogen and oxygen atoms in total. The number of hydrogen-bond acceptors (Lipinski definition) is 5. The lowest BCUT2D eigenvalue weighted by Gasteiger charge is -2.16. The Morgan fingerprint density at radius 3 is 2.00 bits per heavy atom. The van der Waals surface area contributed by atoms with Crippen molar-refractivity contribution in [2.75, 3.05) is 13.6 Å². The molecule has 31 heavy (non-hydrogen) atoms. The lowest BCUT2D eigenvalue weighted by Crippen LogP contribution is -2.25. The van der Waals surface area contributed by atoms with E-state index in [9.17, 15) is 4.79 Å². The SMILES string of the molecule is CN(CC(=O)c1cccc(OCc2ccccc2)c1)Cc1ccccc1.O=S(=O)(O)O. The van der Waals surface area contributed by atoms with Crippen LogP contribution in [0.5, 0.6) is 5.75 Å². The van der Waals surface area contributed by atoms with E-state index >= 15 is 0 Å². The van der Waals surface area contributed by atoms with Gasteiger partial charge < -0.3 is 4.74 Å². The molecule has 0 fully saturated rings. The van der Waals surface area contributed by atoms with Crippen LogP contribution in [0.3, 0.4) is 0 Å². The molecule has 0 aliphatic rings. The van der Waals surface area contributed by atoms with Gasteiger partial charge in [0.25, 0.3) is 0 Å². The summed E-state index contributed by atoms with van der Waals surface area (Å²) in [6, 6.07) is 27.6. The zero-order chi connectivity index (χ0) is 22.7. The molecule has 0 saturated heterocycles. The Balaban J connectivity index is 0.000000614. The quantitative estimate of drug-likeness (QED) is 0.401. The van der Waals surface area contributed by atoms with Crippen LogP contribution in [-0.2, 0) is 23.6 Å². The number of Topliss-reactive ketones (excluding diaryl/α,β-unsaturated/α-hetero) is 1. The van der Waals surface area contributed by atoms with E-state index in [-0.39, 0.29) is 5.78 Å². The second kappa shape index (κ2) is 12.0. The van der Waals surface area contributed by atoms with E-state index in [1.807, 2.05) is 84.7 Å². The maximum atomic E-state index is 12.6. The molecule has 0 unspecified atom stereocenters. The van der Waals surface area contributed by atoms with Crippen molar-refractivity contribution in [3.05, 3.63) is 102 Å². The fraction of sp³-hybridized carbons (Fsp3) is 0.174. The summed E-state index contributed by atoms with van der Waals surface area (Å²) < 4.78 is 37.4. The predicted octanol–water partition coefficient (Wildman–Crippen LogP) is 3.93. The fourth-order valence-electron chi connectivity index (χ4n) is 2.79. The van der Waals surface area contributed by atoms with Gasteiger partial charge in [0.05, 0.1) is 6.54 Å². The van der Waals surface area contributed by atoms with Crippen molar-refractivity contribution in [3.8, 4) is 5.75 Å². The number of ketones is 1. The van der Waals surface area contributed by atoms with Crippen LogP contribution in [0.1, 0.15) is 21.5 Å². The van der Waals surface area contributed by atoms with Crippen LogP contribution in [0.2, 0.25) is 0 Å². The zero-order valence-electron chi connectivity index (χ0n) is 17.1. The molecule has 8 heteroatoms. The van der Waals surface area contributed by atoms with Gasteiger partial charge in [-0.2, -0.15) is 8.42 Å². The number of hydrogen-bond donors (Lipinski definition) is 2. The second-order valence-corrected chi connectivity index (χ2v) is 7.73. The number of nitrogens with zero attached hydrogens (tertiary/aromatic N) is 1. The first-order chi connectivity index (χ1) is 14.7. The molecule has 3 aromatic rings. The van der Waals surface area contributed by atoms with Crippen molar-refractivity contribution in [1.82, 2.24) is 4.90 Å². The highest BCUT2D eigenvalue weighted by molar-refractivity contribution is 7.79. The highest BCUT2D eigenvalue weighted by atomic mass is 32.3. The number of carbonyl (C=O) groups is 1. The minimum atomic E-state index is -4.67. The molecule has 3 aromatic carbocycles. The molecule has 0 aromatic heterocycles. The topological polar surface area (TPSA) is 104 Å². The Morgan fingerprint density at radius 1 is 0.871 bits per heavy atom. The number of ether oxygens (including phenoxy) is 1. The largest absolute Gasteiger partial charge is 0.489 e. The van der Waals surface area contributed by atoms with Crippen molar-refractivity contribution < 1.29 is 27.1 Å². The van der Waals surface area contributed by atoms with Gasteiger partial charge in [-0.15, -0.1) is 0 Å². The van der Waals surface area contributed by atoms with Crippen molar-refractivity contribution in [1.29, 1.82) is 0 Å². The molecule has 0 aliphatic carbocycles. The Bertz CT molecular complexity index is 1050. The van der Waals surface area contributed by atoms with Gasteiger partial charge in [0.2, 0.25) is 0 Å². The first-order valence-electron chi connectivity index (χ1n) is 9.43. The summed E-state index contributed by atoms with van der Waals surface area (Å²) in [7, 11) is -2.71. The Labute approximate surface area is 182 Å². The fourth-order valence-corrected chi connectivity index (χ4v) is 2.79. The molecule has 0 bridgehead atoms. The molecule has 0 amide bonds. The van der Waals surface area contributed by atoms with Crippen LogP contribution in [0, 0.1) is 0 Å². The van der Waals surface area contributed by atoms with Crippen LogP contribution in [0.15, 0.2) is 84.9 Å². The second-order valence-electron chi connectivity index (χ2n) is 6.83. The van der Waals surface area contributed by atoms with E-state index in [0.717, 1.165) is 12.1 Å². The van der Waals surface area contributed by atoms with Crippen LogP contribution < -0.4 is 4.74 Å². The molecule has 3 rings (SSSR count). The van der Waals surface area contributed by atoms with Crippen LogP contribution in [0.25, 0.3) is 0 Å². The number of carbonyl (C=O) groups excluding carboxylic acids is 1. The Hall–Kier alpha value is -3.04. The molecule has 0 atom stereocenters. The molecule has 0 saturated carbocycles. The third kappa shape index (κ3) is 10.5. The molecule has 2 N–H and O–H groups in total. The lowest BCUT2D eigenvalue weighted by molar-refractivity contribution is 0.0942. The van der Waals surface area contributed by atoms with E-state index < -0.39 is 10.4 Å². The molecule has 0 radical (unpaired) electrons. The summed E-state index contributed by atoms with van der Waals surface area (Å²) in [6.07, 6.45) is 0. The molecular formula is C23H25NO6S. The van der Waals surface area contributed by atoms with Crippen molar-refractivity contribution in [3.63, 3.8) is 0 Å². The monoisotopic (exact) mass is 443 g/mol. The van der Waals surface area contributed by atoms with Gasteiger partial charge in [-0.25, -0.2) is 0 Å². The molecule has 0 aliphatic heterocycles. The van der Waals surface area contributed by atoms with Gasteiger partial charge in [-0.3, -0.25) is 18.8 Å². The van der Waals surface area contributed by atoms with Crippen molar-refractivity contribution in [2.45, 2.75) is 13.2 Å².